The van der Waals surface area contributed by atoms with Gasteiger partial charge in [-0.1, -0.05) is 0 Å². The number of fused-ring (bicyclic) bond motifs is 1. The maximum Gasteiger partial charge on any atom is 0.228 e. The first-order chi connectivity index (χ1) is 21.1. The molecule has 0 spiro atoms. The minimum atomic E-state index is 0.246. The van der Waals surface area contributed by atoms with E-state index in [1.54, 1.807) is 34.6 Å². The quantitative estimate of drug-likeness (QED) is 0.274. The first-order valence-corrected chi connectivity index (χ1v) is 15.2. The Morgan fingerprint density at radius 3 is 1.91 bits per heavy atom. The molecule has 0 aliphatic carbocycles. The average molecular weight is 599 g/mol. The van der Waals surface area contributed by atoms with Crippen LogP contribution in [0.4, 0.5) is 23.5 Å². The van der Waals surface area contributed by atoms with Gasteiger partial charge in [0.25, 0.3) is 0 Å². The molecule has 0 saturated carbocycles. The van der Waals surface area contributed by atoms with E-state index in [4.69, 9.17) is 38.9 Å². The summed E-state index contributed by atoms with van der Waals surface area (Å²) in [6.07, 6.45) is 7.92. The molecule has 14 heteroatoms. The van der Waals surface area contributed by atoms with E-state index >= 15 is 0 Å². The lowest BCUT2D eigenvalue weighted by atomic mass is 10.1. The van der Waals surface area contributed by atoms with Crippen molar-refractivity contribution in [3.8, 4) is 0 Å². The Bertz CT molecular complexity index is 1260. The predicted molar refractivity (Wildman–Crippen MR) is 166 cm³/mol. The lowest BCUT2D eigenvalue weighted by Crippen LogP contribution is -2.39. The molecule has 43 heavy (non-hydrogen) atoms. The van der Waals surface area contributed by atoms with E-state index in [0.29, 0.717) is 51.3 Å². The highest BCUT2D eigenvalue weighted by atomic mass is 16.5. The molecule has 5 heterocycles. The number of nitrogens with one attached hydrogen (secondary N) is 1. The highest BCUT2D eigenvalue weighted by Gasteiger charge is 2.29. The van der Waals surface area contributed by atoms with Gasteiger partial charge in [-0.3, -0.25) is 4.68 Å². The maximum absolute atomic E-state index is 5.67. The Morgan fingerprint density at radius 1 is 0.791 bits per heavy atom. The minimum Gasteiger partial charge on any atom is -0.383 e. The van der Waals surface area contributed by atoms with Gasteiger partial charge in [0.2, 0.25) is 11.9 Å². The monoisotopic (exact) mass is 598 g/mol. The summed E-state index contributed by atoms with van der Waals surface area (Å²) in [4.78, 5) is 27.2. The molecule has 3 aromatic rings. The Labute approximate surface area is 253 Å². The van der Waals surface area contributed by atoms with Gasteiger partial charge in [0.15, 0.2) is 11.6 Å². The smallest absolute Gasteiger partial charge is 0.228 e. The van der Waals surface area contributed by atoms with Crippen molar-refractivity contribution < 1.29 is 18.9 Å². The molecule has 2 fully saturated rings. The molecule has 0 bridgehead atoms. The van der Waals surface area contributed by atoms with E-state index < -0.39 is 0 Å². The number of anilines is 4. The number of aromatic nitrogens is 6. The Hall–Kier alpha value is -3.33. The summed E-state index contributed by atoms with van der Waals surface area (Å²) in [5, 5.41) is 7.76. The largest absolute Gasteiger partial charge is 0.383 e. The molecule has 14 nitrogen and oxygen atoms in total. The molecule has 1 N–H and O–H groups in total. The first-order valence-electron chi connectivity index (χ1n) is 15.2. The third-order valence-corrected chi connectivity index (χ3v) is 8.24. The molecule has 5 rings (SSSR count). The molecule has 0 unspecified atom stereocenters. The normalized spacial score (nSPS) is 16.7. The zero-order chi connectivity index (χ0) is 30.0. The van der Waals surface area contributed by atoms with Crippen molar-refractivity contribution in [2.45, 2.75) is 44.4 Å². The first kappa shape index (κ1) is 31.1. The van der Waals surface area contributed by atoms with Crippen LogP contribution in [0.1, 0.15) is 25.7 Å². The molecule has 3 aromatic heterocycles. The fourth-order valence-corrected chi connectivity index (χ4v) is 5.67. The van der Waals surface area contributed by atoms with Gasteiger partial charge in [-0.2, -0.15) is 15.1 Å². The summed E-state index contributed by atoms with van der Waals surface area (Å²) in [6.45, 7) is 6.99. The summed E-state index contributed by atoms with van der Waals surface area (Å²) in [5.74, 6) is 2.82. The van der Waals surface area contributed by atoms with E-state index in [2.05, 4.69) is 25.1 Å². The number of hydrogen-bond acceptors (Lipinski definition) is 13. The SMILES string of the molecule is COCCN(CCOC)c1nc(N2CCC(OC)CC2)c2nc(NCCn3cccn3)nc(N3CCC(OC)CC3)c2n1. The average Bonchev–Trinajstić information content (AvgIpc) is 3.58. The van der Waals surface area contributed by atoms with Gasteiger partial charge >= 0.3 is 0 Å². The fourth-order valence-electron chi connectivity index (χ4n) is 5.67. The van der Waals surface area contributed by atoms with Crippen molar-refractivity contribution in [1.29, 1.82) is 0 Å². The molecule has 2 saturated heterocycles. The van der Waals surface area contributed by atoms with Gasteiger partial charge in [-0.15, -0.1) is 0 Å². The predicted octanol–water partition coefficient (Wildman–Crippen LogP) is 2.06. The van der Waals surface area contributed by atoms with Gasteiger partial charge in [-0.05, 0) is 31.7 Å². The fraction of sp³-hybridized carbons (Fsp3) is 0.690. The van der Waals surface area contributed by atoms with Crippen LogP contribution in [0.2, 0.25) is 0 Å². The van der Waals surface area contributed by atoms with Gasteiger partial charge in [-0.25, -0.2) is 9.97 Å². The Balaban J connectivity index is 1.58. The van der Waals surface area contributed by atoms with Crippen LogP contribution < -0.4 is 20.0 Å². The van der Waals surface area contributed by atoms with Gasteiger partial charge in [0, 0.05) is 86.6 Å². The Kier molecular flexibility index (Phi) is 11.1. The lowest BCUT2D eigenvalue weighted by molar-refractivity contribution is 0.0817. The van der Waals surface area contributed by atoms with Crippen LogP contribution in [0.15, 0.2) is 18.5 Å². The second-order valence-corrected chi connectivity index (χ2v) is 10.9. The van der Waals surface area contributed by atoms with Crippen LogP contribution in [0.25, 0.3) is 11.0 Å². The number of ether oxygens (including phenoxy) is 4. The summed E-state index contributed by atoms with van der Waals surface area (Å²) < 4.78 is 24.1. The summed E-state index contributed by atoms with van der Waals surface area (Å²) >= 11 is 0. The van der Waals surface area contributed by atoms with Crippen LogP contribution in [0.5, 0.6) is 0 Å². The van der Waals surface area contributed by atoms with Crippen molar-refractivity contribution in [3.05, 3.63) is 18.5 Å². The second-order valence-electron chi connectivity index (χ2n) is 10.9. The van der Waals surface area contributed by atoms with Crippen LogP contribution in [-0.4, -0.2) is 129 Å². The molecule has 0 atom stereocenters. The van der Waals surface area contributed by atoms with Gasteiger partial charge in [0.1, 0.15) is 11.0 Å². The molecule has 236 valence electrons. The highest BCUT2D eigenvalue weighted by Crippen LogP contribution is 2.34. The summed E-state index contributed by atoms with van der Waals surface area (Å²) in [5.41, 5.74) is 1.50. The number of nitrogens with zero attached hydrogens (tertiary/aromatic N) is 9. The van der Waals surface area contributed by atoms with Crippen molar-refractivity contribution in [2.24, 2.45) is 0 Å². The van der Waals surface area contributed by atoms with Crippen molar-refractivity contribution >= 4 is 34.6 Å². The van der Waals surface area contributed by atoms with Crippen LogP contribution in [-0.2, 0) is 25.5 Å². The zero-order valence-electron chi connectivity index (χ0n) is 25.9. The number of rotatable bonds is 15. The number of methoxy groups -OCH3 is 4. The van der Waals surface area contributed by atoms with E-state index in [1.165, 1.54) is 0 Å². The summed E-state index contributed by atoms with van der Waals surface area (Å²) in [7, 11) is 6.99. The molecular formula is C29H46N10O4. The third-order valence-electron chi connectivity index (χ3n) is 8.24. The minimum absolute atomic E-state index is 0.246. The number of hydrogen-bond donors (Lipinski definition) is 1. The van der Waals surface area contributed by atoms with Crippen LogP contribution in [0, 0.1) is 0 Å². The zero-order valence-corrected chi connectivity index (χ0v) is 25.9. The second kappa shape index (κ2) is 15.4. The number of piperidine rings is 2. The highest BCUT2D eigenvalue weighted by molar-refractivity contribution is 5.95. The molecule has 2 aliphatic rings. The topological polar surface area (TPSA) is 128 Å². The summed E-state index contributed by atoms with van der Waals surface area (Å²) in [6, 6.07) is 1.92. The van der Waals surface area contributed by atoms with Crippen LogP contribution in [0.3, 0.4) is 0 Å². The van der Waals surface area contributed by atoms with E-state index in [9.17, 15) is 0 Å². The van der Waals surface area contributed by atoms with Gasteiger partial charge < -0.3 is 39.0 Å². The standard InChI is InChI=1S/C29H46N10O4/c1-40-20-18-38(19-21-41-2)29-33-25-24(27(35-29)37-15-8-23(43-4)9-16-37)32-28(30-11-17-39-12-5-10-31-39)34-26(25)36-13-6-22(42-3)7-14-36/h5,10,12,22-23H,6-9,11,13-21H2,1-4H3,(H,30,32,34). The molecule has 0 aromatic carbocycles. The molecule has 2 aliphatic heterocycles. The van der Waals surface area contributed by atoms with Crippen molar-refractivity contribution in [3.63, 3.8) is 0 Å². The third kappa shape index (κ3) is 7.80. The maximum atomic E-state index is 5.67. The van der Waals surface area contributed by atoms with E-state index in [0.717, 1.165) is 74.5 Å². The van der Waals surface area contributed by atoms with E-state index in [1.807, 2.05) is 16.9 Å². The molecular weight excluding hydrogens is 552 g/mol. The Morgan fingerprint density at radius 2 is 1.37 bits per heavy atom. The van der Waals surface area contributed by atoms with Crippen LogP contribution >= 0.6 is 0 Å². The molecule has 0 radical (unpaired) electrons. The molecule has 0 amide bonds. The van der Waals surface area contributed by atoms with Crippen molar-refractivity contribution in [1.82, 2.24) is 29.7 Å². The van der Waals surface area contributed by atoms with Gasteiger partial charge in [0.05, 0.1) is 32.0 Å². The van der Waals surface area contributed by atoms with E-state index in [-0.39, 0.29) is 12.2 Å². The van der Waals surface area contributed by atoms with Crippen molar-refractivity contribution in [2.75, 3.05) is 107 Å². The lowest BCUT2D eigenvalue weighted by Gasteiger charge is -2.35.